The largest absolute Gasteiger partial charge is 0.367 e. The first-order chi connectivity index (χ1) is 12.6. The van der Waals surface area contributed by atoms with E-state index in [2.05, 4.69) is 21.3 Å². The molecule has 3 heterocycles. The summed E-state index contributed by atoms with van der Waals surface area (Å²) in [4.78, 5) is 6.66. The second kappa shape index (κ2) is 7.47. The molecule has 3 nitrogen and oxygen atoms in total. The Balaban J connectivity index is 1.38. The number of nitrogens with zero attached hydrogens (tertiary/aromatic N) is 2. The second-order valence-electron chi connectivity index (χ2n) is 6.60. The number of piperidine rings is 1. The predicted octanol–water partition coefficient (Wildman–Crippen LogP) is 5.30. The minimum atomic E-state index is -0.525. The van der Waals surface area contributed by atoms with Gasteiger partial charge in [0.05, 0.1) is 0 Å². The molecule has 0 aliphatic carbocycles. The van der Waals surface area contributed by atoms with Gasteiger partial charge in [0.25, 0.3) is 0 Å². The number of thiophene rings is 1. The van der Waals surface area contributed by atoms with E-state index < -0.39 is 11.6 Å². The third-order valence-corrected chi connectivity index (χ3v) is 5.73. The fraction of sp³-hybridized carbons (Fsp3) is 0.316. The zero-order valence-electron chi connectivity index (χ0n) is 14.0. The Bertz CT molecular complexity index is 902. The lowest BCUT2D eigenvalue weighted by molar-refractivity contribution is 0.211. The first-order valence-corrected chi connectivity index (χ1v) is 9.80. The molecule has 1 aliphatic heterocycles. The first kappa shape index (κ1) is 17.6. The number of anilines is 1. The summed E-state index contributed by atoms with van der Waals surface area (Å²) in [5, 5.41) is 7.14. The van der Waals surface area contributed by atoms with Gasteiger partial charge in [0.15, 0.2) is 0 Å². The maximum atomic E-state index is 13.3. The molecule has 1 aliphatic rings. The zero-order valence-corrected chi connectivity index (χ0v) is 15.6. The lowest BCUT2D eigenvalue weighted by Gasteiger charge is -2.32. The van der Waals surface area contributed by atoms with Crippen molar-refractivity contribution in [2.45, 2.75) is 25.4 Å². The molecule has 1 N–H and O–H groups in total. The number of nitrogens with one attached hydrogen (secondary N) is 1. The fourth-order valence-corrected chi connectivity index (χ4v) is 4.52. The summed E-state index contributed by atoms with van der Waals surface area (Å²) in [6.07, 6.45) is 1.88. The van der Waals surface area contributed by atoms with Gasteiger partial charge in [0.2, 0.25) is 0 Å². The highest BCUT2D eigenvalue weighted by Crippen LogP contribution is 2.30. The number of aromatic nitrogens is 1. The molecule has 0 bridgehead atoms. The van der Waals surface area contributed by atoms with E-state index >= 15 is 0 Å². The number of hydrogen-bond donors (Lipinski definition) is 1. The number of pyridine rings is 1. The molecule has 26 heavy (non-hydrogen) atoms. The average molecular weight is 394 g/mol. The highest BCUT2D eigenvalue weighted by molar-refractivity contribution is 7.17. The SMILES string of the molecule is Fc1cc(F)cc(CN2CCC(Nc3nc(Cl)cc4sccc34)CC2)c1. The molecular formula is C19H18ClF2N3S. The van der Waals surface area contributed by atoms with Crippen LogP contribution in [0.3, 0.4) is 0 Å². The standard InChI is InChI=1S/C19H18ClF2N3S/c20-18-10-17-16(3-6-26-17)19(24-18)23-15-1-4-25(5-2-15)11-12-7-13(21)9-14(22)8-12/h3,6-10,15H,1-2,4-5,11H2,(H,23,24). The van der Waals surface area contributed by atoms with E-state index in [9.17, 15) is 8.78 Å². The van der Waals surface area contributed by atoms with E-state index in [-0.39, 0.29) is 0 Å². The summed E-state index contributed by atoms with van der Waals surface area (Å²) in [6.45, 7) is 2.29. The summed E-state index contributed by atoms with van der Waals surface area (Å²) in [5.41, 5.74) is 0.672. The number of fused-ring (bicyclic) bond motifs is 1. The van der Waals surface area contributed by atoms with Gasteiger partial charge in [0, 0.05) is 41.8 Å². The first-order valence-electron chi connectivity index (χ1n) is 8.54. The fourth-order valence-electron chi connectivity index (χ4n) is 3.44. The molecule has 136 valence electrons. The van der Waals surface area contributed by atoms with Gasteiger partial charge in [-0.1, -0.05) is 11.6 Å². The van der Waals surface area contributed by atoms with Crippen molar-refractivity contribution in [1.29, 1.82) is 0 Å². The summed E-state index contributed by atoms with van der Waals surface area (Å²) in [7, 11) is 0. The Kier molecular flexibility index (Phi) is 5.07. The molecule has 0 amide bonds. The quantitative estimate of drug-likeness (QED) is 0.609. The third kappa shape index (κ3) is 3.98. The summed E-state index contributed by atoms with van der Waals surface area (Å²) in [6, 6.07) is 7.95. The summed E-state index contributed by atoms with van der Waals surface area (Å²) < 4.78 is 27.8. The molecule has 2 aromatic heterocycles. The third-order valence-electron chi connectivity index (χ3n) is 4.68. The van der Waals surface area contributed by atoms with Crippen LogP contribution in [0.5, 0.6) is 0 Å². The maximum Gasteiger partial charge on any atom is 0.136 e. The van der Waals surface area contributed by atoms with Crippen LogP contribution in [-0.2, 0) is 6.54 Å². The van der Waals surface area contributed by atoms with Gasteiger partial charge in [-0.25, -0.2) is 13.8 Å². The Morgan fingerprint density at radius 2 is 1.88 bits per heavy atom. The Hall–Kier alpha value is -1.76. The molecule has 0 radical (unpaired) electrons. The lowest BCUT2D eigenvalue weighted by atomic mass is 10.0. The highest BCUT2D eigenvalue weighted by atomic mass is 35.5. The minimum Gasteiger partial charge on any atom is -0.367 e. The van der Waals surface area contributed by atoms with Crippen molar-refractivity contribution in [3.05, 3.63) is 58.1 Å². The number of hydrogen-bond acceptors (Lipinski definition) is 4. The van der Waals surface area contributed by atoms with Crippen LogP contribution >= 0.6 is 22.9 Å². The van der Waals surface area contributed by atoms with E-state index in [0.717, 1.165) is 47.9 Å². The molecule has 1 fully saturated rings. The van der Waals surface area contributed by atoms with Crippen LogP contribution in [0.4, 0.5) is 14.6 Å². The molecule has 1 aromatic carbocycles. The Morgan fingerprint density at radius 1 is 1.15 bits per heavy atom. The molecular weight excluding hydrogens is 376 g/mol. The molecule has 7 heteroatoms. The van der Waals surface area contributed by atoms with E-state index in [4.69, 9.17) is 11.6 Å². The van der Waals surface area contributed by atoms with Crippen LogP contribution in [0.15, 0.2) is 35.7 Å². The lowest BCUT2D eigenvalue weighted by Crippen LogP contribution is -2.38. The number of rotatable bonds is 4. The molecule has 1 saturated heterocycles. The Labute approximate surface area is 159 Å². The highest BCUT2D eigenvalue weighted by Gasteiger charge is 2.21. The van der Waals surface area contributed by atoms with Crippen molar-refractivity contribution in [3.63, 3.8) is 0 Å². The molecule has 0 unspecified atom stereocenters. The number of likely N-dealkylation sites (tertiary alicyclic amines) is 1. The summed E-state index contributed by atoms with van der Waals surface area (Å²) >= 11 is 7.77. The zero-order chi connectivity index (χ0) is 18.1. The van der Waals surface area contributed by atoms with Gasteiger partial charge in [-0.15, -0.1) is 11.3 Å². The van der Waals surface area contributed by atoms with Crippen LogP contribution in [0.2, 0.25) is 5.15 Å². The minimum absolute atomic E-state index is 0.310. The summed E-state index contributed by atoms with van der Waals surface area (Å²) in [5.74, 6) is -0.217. The monoisotopic (exact) mass is 393 g/mol. The molecule has 0 spiro atoms. The van der Waals surface area contributed by atoms with Gasteiger partial charge in [-0.3, -0.25) is 4.90 Å². The molecule has 3 aromatic rings. The van der Waals surface area contributed by atoms with Gasteiger partial charge < -0.3 is 5.32 Å². The molecule has 0 atom stereocenters. The van der Waals surface area contributed by atoms with Crippen molar-refractivity contribution in [2.75, 3.05) is 18.4 Å². The van der Waals surface area contributed by atoms with Crippen molar-refractivity contribution in [2.24, 2.45) is 0 Å². The van der Waals surface area contributed by atoms with Crippen LogP contribution < -0.4 is 5.32 Å². The van der Waals surface area contributed by atoms with Crippen LogP contribution in [0.25, 0.3) is 10.1 Å². The van der Waals surface area contributed by atoms with Crippen molar-refractivity contribution in [3.8, 4) is 0 Å². The van der Waals surface area contributed by atoms with Crippen LogP contribution in [0.1, 0.15) is 18.4 Å². The smallest absolute Gasteiger partial charge is 0.136 e. The van der Waals surface area contributed by atoms with Crippen LogP contribution in [-0.4, -0.2) is 29.0 Å². The van der Waals surface area contributed by atoms with E-state index in [1.807, 2.05) is 11.4 Å². The van der Waals surface area contributed by atoms with Gasteiger partial charge in [-0.05, 0) is 48.1 Å². The van der Waals surface area contributed by atoms with E-state index in [0.29, 0.717) is 23.3 Å². The molecule has 0 saturated carbocycles. The van der Waals surface area contributed by atoms with E-state index in [1.165, 1.54) is 12.1 Å². The number of halogens is 3. The topological polar surface area (TPSA) is 28.2 Å². The van der Waals surface area contributed by atoms with Crippen LogP contribution in [0, 0.1) is 11.6 Å². The van der Waals surface area contributed by atoms with Crippen molar-refractivity contribution in [1.82, 2.24) is 9.88 Å². The van der Waals surface area contributed by atoms with Crippen molar-refractivity contribution >= 4 is 38.8 Å². The maximum absolute atomic E-state index is 13.3. The molecule has 4 rings (SSSR count). The average Bonchev–Trinajstić information content (AvgIpc) is 3.04. The van der Waals surface area contributed by atoms with Crippen molar-refractivity contribution < 1.29 is 8.78 Å². The normalized spacial score (nSPS) is 16.3. The predicted molar refractivity (Wildman–Crippen MR) is 103 cm³/mol. The van der Waals surface area contributed by atoms with E-state index in [1.54, 1.807) is 11.3 Å². The number of benzene rings is 1. The Morgan fingerprint density at radius 3 is 2.62 bits per heavy atom. The second-order valence-corrected chi connectivity index (χ2v) is 7.93. The van der Waals surface area contributed by atoms with Gasteiger partial charge >= 0.3 is 0 Å². The van der Waals surface area contributed by atoms with Gasteiger partial charge in [-0.2, -0.15) is 0 Å². The van der Waals surface area contributed by atoms with Gasteiger partial charge in [0.1, 0.15) is 22.6 Å².